The molecule has 0 aliphatic carbocycles. The standard InChI is InChI=1S/C18H29N3O/c1-2-3-4-7-12-21-13-10-15(11-14-21)20-18(22)16-8-5-6-9-17(16)19/h5-6,8-9,15H,2-4,7,10-14,19H2,1H3,(H,20,22). The predicted octanol–water partition coefficient (Wildman–Crippen LogP) is 3.04. The monoisotopic (exact) mass is 303 g/mol. The second kappa shape index (κ2) is 8.79. The molecule has 1 aliphatic heterocycles. The van der Waals surface area contributed by atoms with Crippen LogP contribution in [0.5, 0.6) is 0 Å². The van der Waals surface area contributed by atoms with Gasteiger partial charge < -0.3 is 16.0 Å². The van der Waals surface area contributed by atoms with Gasteiger partial charge in [-0.2, -0.15) is 0 Å². The van der Waals surface area contributed by atoms with Gasteiger partial charge in [-0.3, -0.25) is 4.79 Å². The summed E-state index contributed by atoms with van der Waals surface area (Å²) in [6, 6.07) is 7.54. The Balaban J connectivity index is 1.71. The minimum Gasteiger partial charge on any atom is -0.398 e. The number of piperidine rings is 1. The molecule has 1 saturated heterocycles. The lowest BCUT2D eigenvalue weighted by molar-refractivity contribution is 0.0911. The number of para-hydroxylation sites is 1. The minimum absolute atomic E-state index is 0.0421. The SMILES string of the molecule is CCCCCCN1CCC(NC(=O)c2ccccc2N)CC1. The summed E-state index contributed by atoms with van der Waals surface area (Å²) >= 11 is 0. The van der Waals surface area contributed by atoms with Gasteiger partial charge in [0.25, 0.3) is 5.91 Å². The number of anilines is 1. The summed E-state index contributed by atoms with van der Waals surface area (Å²) in [4.78, 5) is 14.8. The maximum Gasteiger partial charge on any atom is 0.253 e. The van der Waals surface area contributed by atoms with Crippen molar-refractivity contribution in [2.75, 3.05) is 25.4 Å². The molecule has 3 N–H and O–H groups in total. The average Bonchev–Trinajstić information content (AvgIpc) is 2.53. The fraction of sp³-hybridized carbons (Fsp3) is 0.611. The number of benzene rings is 1. The lowest BCUT2D eigenvalue weighted by Gasteiger charge is -2.32. The molecule has 0 bridgehead atoms. The summed E-state index contributed by atoms with van der Waals surface area (Å²) in [5.74, 6) is -0.0421. The van der Waals surface area contributed by atoms with Crippen LogP contribution in [0.3, 0.4) is 0 Å². The number of hydrogen-bond acceptors (Lipinski definition) is 3. The van der Waals surface area contributed by atoms with Crippen LogP contribution in [0.2, 0.25) is 0 Å². The smallest absolute Gasteiger partial charge is 0.253 e. The van der Waals surface area contributed by atoms with Crippen LogP contribution in [0.1, 0.15) is 55.8 Å². The predicted molar refractivity (Wildman–Crippen MR) is 91.9 cm³/mol. The summed E-state index contributed by atoms with van der Waals surface area (Å²) in [6.07, 6.45) is 7.33. The lowest BCUT2D eigenvalue weighted by atomic mass is 10.0. The van der Waals surface area contributed by atoms with Crippen molar-refractivity contribution in [1.29, 1.82) is 0 Å². The molecule has 122 valence electrons. The topological polar surface area (TPSA) is 58.4 Å². The molecule has 0 atom stereocenters. The molecule has 1 aliphatic rings. The van der Waals surface area contributed by atoms with E-state index in [2.05, 4.69) is 17.1 Å². The first-order chi connectivity index (χ1) is 10.7. The van der Waals surface area contributed by atoms with Crippen molar-refractivity contribution in [3.8, 4) is 0 Å². The first-order valence-electron chi connectivity index (χ1n) is 8.58. The van der Waals surface area contributed by atoms with E-state index in [-0.39, 0.29) is 11.9 Å². The lowest BCUT2D eigenvalue weighted by Crippen LogP contribution is -2.45. The third-order valence-corrected chi connectivity index (χ3v) is 4.46. The Morgan fingerprint density at radius 3 is 2.64 bits per heavy atom. The van der Waals surface area contributed by atoms with E-state index in [4.69, 9.17) is 5.73 Å². The van der Waals surface area contributed by atoms with Gasteiger partial charge in [0.1, 0.15) is 0 Å². The third-order valence-electron chi connectivity index (χ3n) is 4.46. The van der Waals surface area contributed by atoms with E-state index in [0.717, 1.165) is 25.9 Å². The number of likely N-dealkylation sites (tertiary alicyclic amines) is 1. The van der Waals surface area contributed by atoms with Crippen molar-refractivity contribution in [3.63, 3.8) is 0 Å². The molecular formula is C18H29N3O. The van der Waals surface area contributed by atoms with Gasteiger partial charge in [0, 0.05) is 24.8 Å². The number of carbonyl (C=O) groups is 1. The van der Waals surface area contributed by atoms with Crippen LogP contribution in [0.25, 0.3) is 0 Å². The molecule has 0 spiro atoms. The number of carbonyl (C=O) groups excluding carboxylic acids is 1. The van der Waals surface area contributed by atoms with E-state index >= 15 is 0 Å². The van der Waals surface area contributed by atoms with Crippen LogP contribution in [-0.4, -0.2) is 36.5 Å². The molecule has 2 rings (SSSR count). The molecule has 22 heavy (non-hydrogen) atoms. The van der Waals surface area contributed by atoms with Crippen LogP contribution in [0.4, 0.5) is 5.69 Å². The number of amides is 1. The molecule has 1 aromatic rings. The average molecular weight is 303 g/mol. The Labute approximate surface area is 134 Å². The van der Waals surface area contributed by atoms with E-state index in [0.29, 0.717) is 11.3 Å². The van der Waals surface area contributed by atoms with Crippen LogP contribution < -0.4 is 11.1 Å². The van der Waals surface area contributed by atoms with Crippen LogP contribution in [0.15, 0.2) is 24.3 Å². The zero-order chi connectivity index (χ0) is 15.8. The fourth-order valence-electron chi connectivity index (χ4n) is 3.03. The normalized spacial score (nSPS) is 16.6. The van der Waals surface area contributed by atoms with E-state index < -0.39 is 0 Å². The maximum absolute atomic E-state index is 12.3. The van der Waals surface area contributed by atoms with E-state index in [1.165, 1.54) is 32.2 Å². The van der Waals surface area contributed by atoms with E-state index in [9.17, 15) is 4.79 Å². The quantitative estimate of drug-likeness (QED) is 0.601. The Morgan fingerprint density at radius 1 is 1.23 bits per heavy atom. The molecule has 0 saturated carbocycles. The number of nitrogens with one attached hydrogen (secondary N) is 1. The van der Waals surface area contributed by atoms with E-state index in [1.54, 1.807) is 12.1 Å². The van der Waals surface area contributed by atoms with Crippen molar-refractivity contribution in [1.82, 2.24) is 10.2 Å². The Bertz CT molecular complexity index is 467. The van der Waals surface area contributed by atoms with Crippen molar-refractivity contribution < 1.29 is 4.79 Å². The van der Waals surface area contributed by atoms with Gasteiger partial charge in [-0.05, 0) is 37.9 Å². The number of nitrogens with zero attached hydrogens (tertiary/aromatic N) is 1. The van der Waals surface area contributed by atoms with Crippen LogP contribution >= 0.6 is 0 Å². The highest BCUT2D eigenvalue weighted by molar-refractivity contribution is 5.99. The van der Waals surface area contributed by atoms with E-state index in [1.807, 2.05) is 12.1 Å². The molecule has 1 heterocycles. The first kappa shape index (κ1) is 16.8. The molecule has 4 heteroatoms. The van der Waals surface area contributed by atoms with Gasteiger partial charge in [-0.15, -0.1) is 0 Å². The Kier molecular flexibility index (Phi) is 6.72. The van der Waals surface area contributed by atoms with Crippen LogP contribution in [-0.2, 0) is 0 Å². The first-order valence-corrected chi connectivity index (χ1v) is 8.58. The van der Waals surface area contributed by atoms with Gasteiger partial charge in [0.15, 0.2) is 0 Å². The molecule has 1 amide bonds. The zero-order valence-corrected chi connectivity index (χ0v) is 13.7. The third kappa shape index (κ3) is 5.02. The molecule has 1 aromatic carbocycles. The Morgan fingerprint density at radius 2 is 1.95 bits per heavy atom. The fourth-order valence-corrected chi connectivity index (χ4v) is 3.03. The summed E-state index contributed by atoms with van der Waals surface area (Å²) in [5.41, 5.74) is 7.00. The van der Waals surface area contributed by atoms with Gasteiger partial charge in [0.05, 0.1) is 5.56 Å². The van der Waals surface area contributed by atoms with Gasteiger partial charge >= 0.3 is 0 Å². The summed E-state index contributed by atoms with van der Waals surface area (Å²) in [7, 11) is 0. The Hall–Kier alpha value is -1.55. The number of nitrogen functional groups attached to an aromatic ring is 1. The molecule has 0 unspecified atom stereocenters. The summed E-state index contributed by atoms with van der Waals surface area (Å²) in [6.45, 7) is 5.61. The highest BCUT2D eigenvalue weighted by Crippen LogP contribution is 2.15. The summed E-state index contributed by atoms with van der Waals surface area (Å²) in [5, 5.41) is 3.13. The molecule has 0 radical (unpaired) electrons. The number of hydrogen-bond donors (Lipinski definition) is 2. The second-order valence-corrected chi connectivity index (χ2v) is 6.24. The van der Waals surface area contributed by atoms with Gasteiger partial charge in [-0.1, -0.05) is 38.3 Å². The highest BCUT2D eigenvalue weighted by Gasteiger charge is 2.21. The number of unbranched alkanes of at least 4 members (excludes halogenated alkanes) is 3. The van der Waals surface area contributed by atoms with Crippen molar-refractivity contribution in [2.24, 2.45) is 0 Å². The van der Waals surface area contributed by atoms with Crippen molar-refractivity contribution in [2.45, 2.75) is 51.5 Å². The molecule has 0 aromatic heterocycles. The molecule has 4 nitrogen and oxygen atoms in total. The number of rotatable bonds is 7. The van der Waals surface area contributed by atoms with Crippen LogP contribution in [0, 0.1) is 0 Å². The second-order valence-electron chi connectivity index (χ2n) is 6.24. The van der Waals surface area contributed by atoms with Crippen molar-refractivity contribution in [3.05, 3.63) is 29.8 Å². The van der Waals surface area contributed by atoms with Gasteiger partial charge in [0.2, 0.25) is 0 Å². The largest absolute Gasteiger partial charge is 0.398 e. The van der Waals surface area contributed by atoms with Crippen molar-refractivity contribution >= 4 is 11.6 Å². The molecule has 1 fully saturated rings. The minimum atomic E-state index is -0.0421. The maximum atomic E-state index is 12.3. The zero-order valence-electron chi connectivity index (χ0n) is 13.7. The number of nitrogens with two attached hydrogens (primary N) is 1. The highest BCUT2D eigenvalue weighted by atomic mass is 16.1. The van der Waals surface area contributed by atoms with Gasteiger partial charge in [-0.25, -0.2) is 0 Å². The summed E-state index contributed by atoms with van der Waals surface area (Å²) < 4.78 is 0. The molecular weight excluding hydrogens is 274 g/mol.